The predicted molar refractivity (Wildman–Crippen MR) is 102 cm³/mol. The Hall–Kier alpha value is -3.47. The molecule has 5 heteroatoms. The van der Waals surface area contributed by atoms with Gasteiger partial charge in [0, 0.05) is 16.5 Å². The van der Waals surface area contributed by atoms with Gasteiger partial charge in [0.2, 0.25) is 6.54 Å². The average molecular weight is 343 g/mol. The molecule has 0 amide bonds. The van der Waals surface area contributed by atoms with Crippen molar-refractivity contribution < 1.29 is 4.92 Å². The smallest absolute Gasteiger partial charge is 0.214 e. The molecule has 0 aliphatic carbocycles. The van der Waals surface area contributed by atoms with Crippen LogP contribution in [0.5, 0.6) is 0 Å². The van der Waals surface area contributed by atoms with Crippen molar-refractivity contribution in [2.45, 2.75) is 5.92 Å². The van der Waals surface area contributed by atoms with Gasteiger partial charge in [-0.1, -0.05) is 60.7 Å². The van der Waals surface area contributed by atoms with Crippen molar-refractivity contribution >= 4 is 10.9 Å². The third-order valence-electron chi connectivity index (χ3n) is 4.58. The molecule has 2 aromatic heterocycles. The van der Waals surface area contributed by atoms with Crippen LogP contribution in [0.15, 0.2) is 79.1 Å². The fourth-order valence-corrected chi connectivity index (χ4v) is 3.46. The normalized spacial score (nSPS) is 12.2. The molecule has 0 saturated carbocycles. The van der Waals surface area contributed by atoms with E-state index >= 15 is 0 Å². The highest BCUT2D eigenvalue weighted by atomic mass is 16.6. The molecular weight excluding hydrogens is 326 g/mol. The number of aromatic amines is 1. The molecule has 0 aliphatic rings. The molecule has 1 atom stereocenters. The van der Waals surface area contributed by atoms with Gasteiger partial charge in [-0.3, -0.25) is 15.1 Å². The second-order valence-electron chi connectivity index (χ2n) is 6.18. The first-order valence-corrected chi connectivity index (χ1v) is 8.42. The van der Waals surface area contributed by atoms with Crippen LogP contribution in [0, 0.1) is 10.1 Å². The van der Waals surface area contributed by atoms with Crippen LogP contribution in [0.3, 0.4) is 0 Å². The molecule has 2 aromatic carbocycles. The summed E-state index contributed by atoms with van der Waals surface area (Å²) in [6.45, 7) is -0.168. The van der Waals surface area contributed by atoms with Crippen LogP contribution in [0.4, 0.5) is 0 Å². The van der Waals surface area contributed by atoms with Crippen LogP contribution < -0.4 is 0 Å². The Morgan fingerprint density at radius 2 is 1.69 bits per heavy atom. The lowest BCUT2D eigenvalue weighted by atomic mass is 9.88. The molecule has 0 radical (unpaired) electrons. The number of nitrogens with zero attached hydrogens (tertiary/aromatic N) is 2. The number of benzene rings is 2. The highest BCUT2D eigenvalue weighted by molar-refractivity contribution is 5.91. The number of rotatable bonds is 5. The molecule has 1 N–H and O–H groups in total. The van der Waals surface area contributed by atoms with E-state index in [2.05, 4.69) is 9.97 Å². The maximum atomic E-state index is 11.4. The number of nitro groups is 1. The van der Waals surface area contributed by atoms with Crippen molar-refractivity contribution in [1.82, 2.24) is 9.97 Å². The average Bonchev–Trinajstić information content (AvgIpc) is 3.07. The lowest BCUT2D eigenvalue weighted by Crippen LogP contribution is -2.14. The van der Waals surface area contributed by atoms with Crippen molar-refractivity contribution in [3.63, 3.8) is 0 Å². The van der Waals surface area contributed by atoms with Crippen LogP contribution in [0.2, 0.25) is 0 Å². The van der Waals surface area contributed by atoms with Gasteiger partial charge in [-0.2, -0.15) is 0 Å². The summed E-state index contributed by atoms with van der Waals surface area (Å²) in [6.07, 6.45) is 3.49. The van der Waals surface area contributed by atoms with Gasteiger partial charge in [-0.05, 0) is 22.8 Å². The topological polar surface area (TPSA) is 71.8 Å². The summed E-state index contributed by atoms with van der Waals surface area (Å²) in [5.41, 5.74) is 4.66. The van der Waals surface area contributed by atoms with Gasteiger partial charge < -0.3 is 4.98 Å². The van der Waals surface area contributed by atoms with Crippen molar-refractivity contribution in [3.8, 4) is 11.3 Å². The molecule has 5 nitrogen and oxygen atoms in total. The molecule has 1 unspecified atom stereocenters. The Bertz CT molecular complexity index is 1040. The fourth-order valence-electron chi connectivity index (χ4n) is 3.46. The molecule has 4 rings (SSSR count). The van der Waals surface area contributed by atoms with Crippen molar-refractivity contribution in [3.05, 3.63) is 100 Å². The summed E-state index contributed by atoms with van der Waals surface area (Å²) in [6, 6.07) is 21.5. The molecule has 26 heavy (non-hydrogen) atoms. The fraction of sp³-hybridized carbons (Fsp3) is 0.0952. The first-order chi connectivity index (χ1) is 12.7. The van der Waals surface area contributed by atoms with E-state index in [-0.39, 0.29) is 17.4 Å². The molecule has 0 aliphatic heterocycles. The van der Waals surface area contributed by atoms with Crippen LogP contribution in [-0.4, -0.2) is 21.4 Å². The van der Waals surface area contributed by atoms with E-state index in [4.69, 9.17) is 0 Å². The van der Waals surface area contributed by atoms with E-state index in [0.29, 0.717) is 0 Å². The first kappa shape index (κ1) is 16.0. The van der Waals surface area contributed by atoms with Crippen LogP contribution in [0.25, 0.3) is 22.2 Å². The quantitative estimate of drug-likeness (QED) is 0.424. The number of H-pyrrole nitrogens is 1. The minimum atomic E-state index is -0.349. The van der Waals surface area contributed by atoms with Gasteiger partial charge in [-0.25, -0.2) is 0 Å². The van der Waals surface area contributed by atoms with Gasteiger partial charge in [0.25, 0.3) is 0 Å². The second kappa shape index (κ2) is 6.80. The Kier molecular flexibility index (Phi) is 4.19. The number of nitrogens with one attached hydrogen (secondary N) is 1. The Labute approximate surface area is 150 Å². The zero-order chi connectivity index (χ0) is 17.9. The molecule has 0 saturated heterocycles. The zero-order valence-electron chi connectivity index (χ0n) is 14.0. The van der Waals surface area contributed by atoms with E-state index in [1.54, 1.807) is 12.4 Å². The minimum absolute atomic E-state index is 0.168. The summed E-state index contributed by atoms with van der Waals surface area (Å²) in [7, 11) is 0. The lowest BCUT2D eigenvalue weighted by Gasteiger charge is -2.16. The number of pyridine rings is 1. The number of hydrogen-bond acceptors (Lipinski definition) is 3. The molecule has 2 heterocycles. The lowest BCUT2D eigenvalue weighted by molar-refractivity contribution is -0.481. The third kappa shape index (κ3) is 2.95. The van der Waals surface area contributed by atoms with Gasteiger partial charge in [-0.15, -0.1) is 0 Å². The monoisotopic (exact) mass is 343 g/mol. The molecule has 4 aromatic rings. The Morgan fingerprint density at radius 1 is 1.00 bits per heavy atom. The summed E-state index contributed by atoms with van der Waals surface area (Å²) in [5, 5.41) is 12.4. The number of fused-ring (bicyclic) bond motifs is 1. The zero-order valence-corrected chi connectivity index (χ0v) is 14.0. The highest BCUT2D eigenvalue weighted by Crippen LogP contribution is 2.38. The summed E-state index contributed by atoms with van der Waals surface area (Å²) >= 11 is 0. The third-order valence-corrected chi connectivity index (χ3v) is 4.58. The van der Waals surface area contributed by atoms with E-state index in [1.165, 1.54) is 0 Å². The maximum absolute atomic E-state index is 11.4. The van der Waals surface area contributed by atoms with Crippen LogP contribution >= 0.6 is 0 Å². The summed E-state index contributed by atoms with van der Waals surface area (Å²) < 4.78 is 0. The molecule has 0 fully saturated rings. The van der Waals surface area contributed by atoms with Gasteiger partial charge in [0.05, 0.1) is 23.3 Å². The molecule has 0 spiro atoms. The highest BCUT2D eigenvalue weighted by Gasteiger charge is 2.27. The van der Waals surface area contributed by atoms with E-state index in [0.717, 1.165) is 33.3 Å². The SMILES string of the molecule is O=[N+]([O-])CC(c1ccccc1)c1c(-c2ccccc2)[nH]c2cnccc12. The van der Waals surface area contributed by atoms with Crippen molar-refractivity contribution in [2.75, 3.05) is 6.54 Å². The number of hydrogen-bond donors (Lipinski definition) is 1. The van der Waals surface area contributed by atoms with Gasteiger partial charge >= 0.3 is 0 Å². The number of aromatic nitrogens is 2. The minimum Gasteiger partial charge on any atom is -0.353 e. The first-order valence-electron chi connectivity index (χ1n) is 8.42. The van der Waals surface area contributed by atoms with Gasteiger partial charge in [0.15, 0.2) is 0 Å². The maximum Gasteiger partial charge on any atom is 0.214 e. The summed E-state index contributed by atoms with van der Waals surface area (Å²) in [4.78, 5) is 18.8. The van der Waals surface area contributed by atoms with E-state index in [9.17, 15) is 10.1 Å². The van der Waals surface area contributed by atoms with Gasteiger partial charge in [0.1, 0.15) is 0 Å². The standard InChI is InChI=1S/C21H17N3O2/c25-24(26)14-18(15-7-3-1-4-8-15)20-17-11-12-22-13-19(17)23-21(20)16-9-5-2-6-10-16/h1-13,18,23H,14H2. The predicted octanol–water partition coefficient (Wildman–Crippen LogP) is 4.64. The summed E-state index contributed by atoms with van der Waals surface area (Å²) in [5.74, 6) is -0.349. The Morgan fingerprint density at radius 3 is 2.38 bits per heavy atom. The largest absolute Gasteiger partial charge is 0.353 e. The van der Waals surface area contributed by atoms with Crippen molar-refractivity contribution in [1.29, 1.82) is 0 Å². The molecule has 128 valence electrons. The second-order valence-corrected chi connectivity index (χ2v) is 6.18. The molecule has 0 bridgehead atoms. The molecular formula is C21H17N3O2. The van der Waals surface area contributed by atoms with E-state index < -0.39 is 0 Å². The Balaban J connectivity index is 1.99. The van der Waals surface area contributed by atoms with Crippen LogP contribution in [-0.2, 0) is 0 Å². The van der Waals surface area contributed by atoms with E-state index in [1.807, 2.05) is 66.7 Å². The van der Waals surface area contributed by atoms with Crippen molar-refractivity contribution in [2.24, 2.45) is 0 Å². The van der Waals surface area contributed by atoms with Crippen LogP contribution in [0.1, 0.15) is 17.0 Å².